The highest BCUT2D eigenvalue weighted by molar-refractivity contribution is 5.89. The lowest BCUT2D eigenvalue weighted by Crippen LogP contribution is -2.47. The summed E-state index contributed by atoms with van der Waals surface area (Å²) in [5.41, 5.74) is -0.679. The maximum atomic E-state index is 13.4. The molecule has 0 aromatic heterocycles. The van der Waals surface area contributed by atoms with Crippen molar-refractivity contribution in [1.82, 2.24) is 4.90 Å². The highest BCUT2D eigenvalue weighted by Crippen LogP contribution is 2.46. The summed E-state index contributed by atoms with van der Waals surface area (Å²) in [4.78, 5) is 27.3. The molecule has 0 unspecified atom stereocenters. The molecule has 4 rings (SSSR count). The van der Waals surface area contributed by atoms with Gasteiger partial charge >= 0.3 is 24.5 Å². The maximum absolute atomic E-state index is 13.4. The van der Waals surface area contributed by atoms with E-state index in [1.165, 1.54) is 4.90 Å². The van der Waals surface area contributed by atoms with Crippen molar-refractivity contribution < 1.29 is 45.8 Å². The van der Waals surface area contributed by atoms with E-state index in [0.29, 0.717) is 29.8 Å². The second-order valence-electron chi connectivity index (χ2n) is 9.25. The summed E-state index contributed by atoms with van der Waals surface area (Å²) in [6, 6.07) is 3.18. The number of rotatable bonds is 3. The van der Waals surface area contributed by atoms with E-state index in [9.17, 15) is 41.0 Å². The smallest absolute Gasteiger partial charge is 0.416 e. The third kappa shape index (κ3) is 5.05. The van der Waals surface area contributed by atoms with Crippen LogP contribution >= 0.6 is 0 Å². The quantitative estimate of drug-likeness (QED) is 0.443. The van der Waals surface area contributed by atoms with Crippen molar-refractivity contribution in [1.29, 1.82) is 0 Å². The Morgan fingerprint density at radius 2 is 1.68 bits per heavy atom. The number of aryl methyl sites for hydroxylation is 1. The first kappa shape index (κ1) is 26.6. The van der Waals surface area contributed by atoms with Crippen LogP contribution in [0.3, 0.4) is 0 Å². The molecule has 0 saturated carbocycles. The zero-order valence-corrected chi connectivity index (χ0v) is 19.9. The van der Waals surface area contributed by atoms with Gasteiger partial charge in [0.05, 0.1) is 30.0 Å². The summed E-state index contributed by atoms with van der Waals surface area (Å²) in [6.07, 6.45) is -10.0. The number of halogens is 6. The van der Waals surface area contributed by atoms with Gasteiger partial charge in [-0.3, -0.25) is 9.80 Å². The summed E-state index contributed by atoms with van der Waals surface area (Å²) in [6.45, 7) is 1.02. The lowest BCUT2D eigenvalue weighted by atomic mass is 9.85. The first-order valence-electron chi connectivity index (χ1n) is 11.5. The lowest BCUT2D eigenvalue weighted by Gasteiger charge is -2.43. The largest absolute Gasteiger partial charge is 0.465 e. The second kappa shape index (κ2) is 9.46. The number of methoxy groups -OCH3 is 1. The Hall–Kier alpha value is -3.44. The molecule has 0 bridgehead atoms. The van der Waals surface area contributed by atoms with Gasteiger partial charge in [-0.25, -0.2) is 9.59 Å². The van der Waals surface area contributed by atoms with Crippen molar-refractivity contribution in [2.45, 2.75) is 63.6 Å². The molecule has 0 radical (unpaired) electrons. The summed E-state index contributed by atoms with van der Waals surface area (Å²) in [5.74, 6) is 0. The number of carbonyl (C=O) groups is 2. The van der Waals surface area contributed by atoms with E-state index in [1.54, 1.807) is 13.0 Å². The summed E-state index contributed by atoms with van der Waals surface area (Å²) in [7, 11) is 1.06. The van der Waals surface area contributed by atoms with Gasteiger partial charge in [0.15, 0.2) is 0 Å². The Morgan fingerprint density at radius 1 is 1.05 bits per heavy atom. The Bertz CT molecular complexity index is 1190. The predicted molar refractivity (Wildman–Crippen MR) is 120 cm³/mol. The van der Waals surface area contributed by atoms with E-state index in [4.69, 9.17) is 4.74 Å². The number of benzene rings is 2. The van der Waals surface area contributed by atoms with Crippen molar-refractivity contribution in [3.63, 3.8) is 0 Å². The van der Waals surface area contributed by atoms with Gasteiger partial charge in [-0.1, -0.05) is 6.07 Å². The molecule has 2 aromatic rings. The van der Waals surface area contributed by atoms with Gasteiger partial charge in [0.1, 0.15) is 0 Å². The fourth-order valence-electron chi connectivity index (χ4n) is 5.35. The monoisotopic (exact) mass is 530 g/mol. The first-order chi connectivity index (χ1) is 17.2. The van der Waals surface area contributed by atoms with Gasteiger partial charge in [0, 0.05) is 18.2 Å². The second-order valence-corrected chi connectivity index (χ2v) is 9.25. The van der Waals surface area contributed by atoms with Crippen LogP contribution in [-0.4, -0.2) is 35.3 Å². The molecule has 200 valence electrons. The molecule has 1 aliphatic heterocycles. The van der Waals surface area contributed by atoms with Gasteiger partial charge in [-0.2, -0.15) is 26.3 Å². The van der Waals surface area contributed by atoms with Gasteiger partial charge in [-0.15, -0.1) is 0 Å². The number of nitrogens with zero attached hydrogens (tertiary/aromatic N) is 2. The van der Waals surface area contributed by atoms with Crippen LogP contribution in [0.15, 0.2) is 30.3 Å². The Labute approximate surface area is 208 Å². The zero-order valence-electron chi connectivity index (χ0n) is 19.9. The summed E-state index contributed by atoms with van der Waals surface area (Å²) < 4.78 is 85.5. The number of carbonyl (C=O) groups excluding carboxylic acids is 1. The fraction of sp³-hybridized carbons (Fsp3) is 0.440. The Morgan fingerprint density at radius 3 is 2.22 bits per heavy atom. The molecule has 2 aliphatic rings. The molecule has 2 aromatic carbocycles. The number of alkyl halides is 6. The van der Waals surface area contributed by atoms with Crippen LogP contribution < -0.4 is 4.90 Å². The molecule has 12 heteroatoms. The molecule has 0 fully saturated rings. The van der Waals surface area contributed by atoms with Crippen molar-refractivity contribution in [3.8, 4) is 0 Å². The first-order valence-corrected chi connectivity index (χ1v) is 11.5. The fourth-order valence-corrected chi connectivity index (χ4v) is 5.35. The molecule has 1 aliphatic carbocycles. The average Bonchev–Trinajstić information content (AvgIpc) is 3.29. The zero-order chi connectivity index (χ0) is 27.3. The van der Waals surface area contributed by atoms with Crippen molar-refractivity contribution in [2.75, 3.05) is 12.0 Å². The van der Waals surface area contributed by atoms with Crippen molar-refractivity contribution in [3.05, 3.63) is 63.7 Å². The lowest BCUT2D eigenvalue weighted by molar-refractivity contribution is -0.143. The van der Waals surface area contributed by atoms with E-state index >= 15 is 0 Å². The van der Waals surface area contributed by atoms with Crippen LogP contribution in [0.5, 0.6) is 0 Å². The van der Waals surface area contributed by atoms with Crippen LogP contribution in [0.25, 0.3) is 0 Å². The number of hydrogen-bond acceptors (Lipinski definition) is 3. The molecular weight excluding hydrogens is 506 g/mol. The minimum atomic E-state index is -5.04. The van der Waals surface area contributed by atoms with Crippen LogP contribution in [0.1, 0.15) is 59.2 Å². The molecule has 2 amide bonds. The Balaban J connectivity index is 1.86. The van der Waals surface area contributed by atoms with E-state index in [1.807, 2.05) is 6.07 Å². The third-order valence-electron chi connectivity index (χ3n) is 6.89. The number of fused-ring (bicyclic) bond motifs is 3. The van der Waals surface area contributed by atoms with Gasteiger partial charge < -0.3 is 9.84 Å². The minimum absolute atomic E-state index is 0.0293. The summed E-state index contributed by atoms with van der Waals surface area (Å²) >= 11 is 0. The number of hydrogen-bond donors (Lipinski definition) is 1. The molecular formula is C25H24F6N2O4. The third-order valence-corrected chi connectivity index (χ3v) is 6.89. The molecule has 37 heavy (non-hydrogen) atoms. The van der Waals surface area contributed by atoms with Crippen LogP contribution in [-0.2, 0) is 36.5 Å². The van der Waals surface area contributed by atoms with Crippen LogP contribution in [0.4, 0.5) is 41.6 Å². The van der Waals surface area contributed by atoms with Crippen molar-refractivity contribution in [2.24, 2.45) is 0 Å². The van der Waals surface area contributed by atoms with E-state index in [2.05, 4.69) is 0 Å². The SMILES string of the molecule is COC(=O)N(Cc1cc(C(F)(F)F)cc(C(F)(F)F)c1)[C@H]1C[C@@H](C)N(C(=O)O)c2ccc3c(c21)CCC3. The van der Waals surface area contributed by atoms with Crippen LogP contribution in [0, 0.1) is 0 Å². The highest BCUT2D eigenvalue weighted by Gasteiger charge is 2.42. The molecule has 1 N–H and O–H groups in total. The number of carboxylic acid groups (broad SMARTS) is 1. The van der Waals surface area contributed by atoms with Crippen molar-refractivity contribution >= 4 is 17.9 Å². The molecule has 0 saturated heterocycles. The molecule has 2 atom stereocenters. The van der Waals surface area contributed by atoms with Gasteiger partial charge in [0.25, 0.3) is 0 Å². The standard InChI is InChI=1S/C25H24F6N2O4/c1-13-8-20(21-18-5-3-4-15(18)6-7-19(21)33(13)22(34)35)32(23(36)37-2)12-14-9-16(24(26,27)28)11-17(10-14)25(29,30)31/h6-7,9-11,13,20H,3-5,8,12H2,1-2H3,(H,34,35)/t13-,20+/m1/s1. The molecule has 1 heterocycles. The minimum Gasteiger partial charge on any atom is -0.465 e. The predicted octanol–water partition coefficient (Wildman–Crippen LogP) is 6.80. The van der Waals surface area contributed by atoms with E-state index in [-0.39, 0.29) is 18.1 Å². The van der Waals surface area contributed by atoms with E-state index in [0.717, 1.165) is 36.0 Å². The van der Waals surface area contributed by atoms with Gasteiger partial charge in [0.2, 0.25) is 0 Å². The topological polar surface area (TPSA) is 70.1 Å². The molecule has 0 spiro atoms. The highest BCUT2D eigenvalue weighted by atomic mass is 19.4. The van der Waals surface area contributed by atoms with Crippen LogP contribution in [0.2, 0.25) is 0 Å². The number of ether oxygens (including phenoxy) is 1. The summed E-state index contributed by atoms with van der Waals surface area (Å²) in [5, 5.41) is 9.84. The average molecular weight is 530 g/mol. The van der Waals surface area contributed by atoms with E-state index < -0.39 is 54.3 Å². The van der Waals surface area contributed by atoms with Gasteiger partial charge in [-0.05, 0) is 73.6 Å². The Kier molecular flexibility index (Phi) is 6.80. The number of anilines is 1. The maximum Gasteiger partial charge on any atom is 0.416 e. The molecule has 6 nitrogen and oxygen atoms in total. The normalized spacial score (nSPS) is 19.3. The number of amides is 2.